The molecular weight excluding hydrogens is 500 g/mol. The second-order valence-corrected chi connectivity index (χ2v) is 10.2. The highest BCUT2D eigenvalue weighted by Gasteiger charge is 2.33. The minimum Gasteiger partial charge on any atom is -0.508 e. The molecule has 2 aromatic carbocycles. The molecule has 5 unspecified atom stereocenters. The fourth-order valence-corrected chi connectivity index (χ4v) is 4.03. The lowest BCUT2D eigenvalue weighted by molar-refractivity contribution is -0.144. The van der Waals surface area contributed by atoms with Crippen LogP contribution < -0.4 is 21.7 Å². The first-order chi connectivity index (χ1) is 18.4. The van der Waals surface area contributed by atoms with E-state index in [2.05, 4.69) is 16.0 Å². The number of carbonyl (C=O) groups excluding carboxylic acids is 3. The van der Waals surface area contributed by atoms with Crippen LogP contribution in [0, 0.1) is 11.8 Å². The predicted molar refractivity (Wildman–Crippen MR) is 148 cm³/mol. The van der Waals surface area contributed by atoms with Crippen molar-refractivity contribution in [2.75, 3.05) is 0 Å². The molecule has 2 aromatic rings. The molecular formula is C29H40N4O6. The van der Waals surface area contributed by atoms with Crippen molar-refractivity contribution in [2.24, 2.45) is 17.6 Å². The number of phenols is 1. The summed E-state index contributed by atoms with van der Waals surface area (Å²) in [5.74, 6) is -3.56. The number of hydrogen-bond donors (Lipinski definition) is 6. The average molecular weight is 541 g/mol. The van der Waals surface area contributed by atoms with Gasteiger partial charge in [0.2, 0.25) is 17.7 Å². The normalized spacial score (nSPS) is 14.9. The molecule has 2 rings (SSSR count). The second-order valence-electron chi connectivity index (χ2n) is 10.2. The van der Waals surface area contributed by atoms with E-state index in [0.29, 0.717) is 12.0 Å². The maximum atomic E-state index is 13.5. The van der Waals surface area contributed by atoms with Gasteiger partial charge < -0.3 is 31.9 Å². The van der Waals surface area contributed by atoms with Crippen molar-refractivity contribution in [1.29, 1.82) is 0 Å². The number of carboxylic acid groups (broad SMARTS) is 1. The number of nitrogens with two attached hydrogens (primary N) is 1. The summed E-state index contributed by atoms with van der Waals surface area (Å²) in [6, 6.07) is 11.3. The van der Waals surface area contributed by atoms with E-state index in [4.69, 9.17) is 5.73 Å². The molecule has 0 spiro atoms. The number of hydrogen-bond acceptors (Lipinski definition) is 6. The number of benzene rings is 2. The van der Waals surface area contributed by atoms with E-state index in [0.717, 1.165) is 5.56 Å². The Balaban J connectivity index is 2.25. The molecule has 0 saturated carbocycles. The van der Waals surface area contributed by atoms with Gasteiger partial charge in [-0.05, 0) is 41.5 Å². The summed E-state index contributed by atoms with van der Waals surface area (Å²) in [6.07, 6.45) is 0.882. The van der Waals surface area contributed by atoms with Gasteiger partial charge in [0.05, 0.1) is 6.04 Å². The minimum absolute atomic E-state index is 0.0558. The molecule has 7 N–H and O–H groups in total. The molecule has 212 valence electrons. The quantitative estimate of drug-likeness (QED) is 0.212. The van der Waals surface area contributed by atoms with Gasteiger partial charge in [-0.25, -0.2) is 4.79 Å². The van der Waals surface area contributed by atoms with Gasteiger partial charge >= 0.3 is 5.97 Å². The van der Waals surface area contributed by atoms with Crippen LogP contribution in [0.25, 0.3) is 0 Å². The average Bonchev–Trinajstić information content (AvgIpc) is 2.90. The molecule has 0 aromatic heterocycles. The van der Waals surface area contributed by atoms with Crippen molar-refractivity contribution in [3.05, 3.63) is 65.7 Å². The van der Waals surface area contributed by atoms with Crippen molar-refractivity contribution in [2.45, 2.75) is 71.1 Å². The zero-order valence-electron chi connectivity index (χ0n) is 22.9. The van der Waals surface area contributed by atoms with Crippen molar-refractivity contribution in [1.82, 2.24) is 16.0 Å². The third kappa shape index (κ3) is 9.72. The Bertz CT molecular complexity index is 1110. The first-order valence-corrected chi connectivity index (χ1v) is 13.1. The van der Waals surface area contributed by atoms with E-state index in [-0.39, 0.29) is 30.4 Å². The van der Waals surface area contributed by atoms with E-state index in [1.54, 1.807) is 32.9 Å². The van der Waals surface area contributed by atoms with E-state index in [1.807, 2.05) is 37.3 Å². The lowest BCUT2D eigenvalue weighted by atomic mass is 9.95. The van der Waals surface area contributed by atoms with Gasteiger partial charge in [0, 0.05) is 6.42 Å². The number of aromatic hydroxyl groups is 1. The number of amides is 3. The topological polar surface area (TPSA) is 171 Å². The number of phenolic OH excluding ortho intramolecular Hbond substituents is 1. The van der Waals surface area contributed by atoms with Crippen LogP contribution in [-0.2, 0) is 32.0 Å². The molecule has 0 heterocycles. The molecule has 0 fully saturated rings. The van der Waals surface area contributed by atoms with E-state index < -0.39 is 47.9 Å². The molecule has 3 amide bonds. The maximum absolute atomic E-state index is 13.5. The second kappa shape index (κ2) is 14.9. The Hall–Kier alpha value is -3.92. The zero-order chi connectivity index (χ0) is 29.1. The Kier molecular flexibility index (Phi) is 11.9. The van der Waals surface area contributed by atoms with Gasteiger partial charge in [-0.1, -0.05) is 76.6 Å². The molecule has 39 heavy (non-hydrogen) atoms. The molecule has 5 atom stereocenters. The molecule has 10 nitrogen and oxygen atoms in total. The fourth-order valence-electron chi connectivity index (χ4n) is 4.03. The summed E-state index contributed by atoms with van der Waals surface area (Å²) in [4.78, 5) is 51.3. The molecule has 0 saturated heterocycles. The summed E-state index contributed by atoms with van der Waals surface area (Å²) in [6.45, 7) is 6.99. The van der Waals surface area contributed by atoms with Crippen LogP contribution >= 0.6 is 0 Å². The van der Waals surface area contributed by atoms with Gasteiger partial charge in [0.25, 0.3) is 0 Å². The number of aliphatic carboxylic acids is 1. The van der Waals surface area contributed by atoms with Gasteiger partial charge in [-0.2, -0.15) is 0 Å². The summed E-state index contributed by atoms with van der Waals surface area (Å²) in [5.41, 5.74) is 7.68. The fraction of sp³-hybridized carbons (Fsp3) is 0.448. The van der Waals surface area contributed by atoms with E-state index in [9.17, 15) is 29.4 Å². The van der Waals surface area contributed by atoms with Crippen LogP contribution in [0.5, 0.6) is 5.75 Å². The number of carbonyl (C=O) groups is 4. The Labute approximate surface area is 229 Å². The van der Waals surface area contributed by atoms with Crippen molar-refractivity contribution < 1.29 is 29.4 Å². The Morgan fingerprint density at radius 3 is 1.87 bits per heavy atom. The minimum atomic E-state index is -1.17. The van der Waals surface area contributed by atoms with Crippen LogP contribution in [-0.4, -0.2) is 58.1 Å². The first-order valence-electron chi connectivity index (χ1n) is 13.1. The first kappa shape index (κ1) is 31.3. The van der Waals surface area contributed by atoms with Crippen molar-refractivity contribution in [3.8, 4) is 5.75 Å². The predicted octanol–water partition coefficient (Wildman–Crippen LogP) is 1.75. The molecule has 0 aliphatic carbocycles. The number of rotatable bonds is 14. The summed E-state index contributed by atoms with van der Waals surface area (Å²) in [5, 5.41) is 27.1. The van der Waals surface area contributed by atoms with Crippen LogP contribution in [0.4, 0.5) is 0 Å². The van der Waals surface area contributed by atoms with Crippen molar-refractivity contribution in [3.63, 3.8) is 0 Å². The van der Waals surface area contributed by atoms with Gasteiger partial charge in [0.15, 0.2) is 0 Å². The third-order valence-electron chi connectivity index (χ3n) is 6.67. The van der Waals surface area contributed by atoms with Gasteiger partial charge in [-0.15, -0.1) is 0 Å². The third-order valence-corrected chi connectivity index (χ3v) is 6.67. The Morgan fingerprint density at radius 2 is 1.33 bits per heavy atom. The highest BCUT2D eigenvalue weighted by molar-refractivity contribution is 5.94. The maximum Gasteiger partial charge on any atom is 0.326 e. The SMILES string of the molecule is CCC(C)C(NC(=O)C(Cc1ccc(O)cc1)NC(=O)C(N)Cc1ccccc1)C(=O)NC(C(=O)O)C(C)C. The molecule has 0 bridgehead atoms. The van der Waals surface area contributed by atoms with Crippen molar-refractivity contribution >= 4 is 23.7 Å². The highest BCUT2D eigenvalue weighted by atomic mass is 16.4. The largest absolute Gasteiger partial charge is 0.508 e. The lowest BCUT2D eigenvalue weighted by Gasteiger charge is -2.29. The highest BCUT2D eigenvalue weighted by Crippen LogP contribution is 2.14. The van der Waals surface area contributed by atoms with Crippen LogP contribution in [0.15, 0.2) is 54.6 Å². The number of carboxylic acids is 1. The molecule has 0 aliphatic heterocycles. The van der Waals surface area contributed by atoms with E-state index >= 15 is 0 Å². The molecule has 0 radical (unpaired) electrons. The summed E-state index contributed by atoms with van der Waals surface area (Å²) >= 11 is 0. The summed E-state index contributed by atoms with van der Waals surface area (Å²) in [7, 11) is 0. The van der Waals surface area contributed by atoms with Crippen LogP contribution in [0.3, 0.4) is 0 Å². The monoisotopic (exact) mass is 540 g/mol. The number of nitrogens with one attached hydrogen (secondary N) is 3. The Morgan fingerprint density at radius 1 is 0.769 bits per heavy atom. The van der Waals surface area contributed by atoms with Gasteiger partial charge in [-0.3, -0.25) is 14.4 Å². The molecule has 10 heteroatoms. The molecule has 0 aliphatic rings. The van der Waals surface area contributed by atoms with E-state index in [1.165, 1.54) is 12.1 Å². The zero-order valence-corrected chi connectivity index (χ0v) is 22.9. The van der Waals surface area contributed by atoms with Crippen LogP contribution in [0.1, 0.15) is 45.2 Å². The smallest absolute Gasteiger partial charge is 0.326 e. The van der Waals surface area contributed by atoms with Crippen LogP contribution in [0.2, 0.25) is 0 Å². The van der Waals surface area contributed by atoms with Gasteiger partial charge in [0.1, 0.15) is 23.9 Å². The lowest BCUT2D eigenvalue weighted by Crippen LogP contribution is -2.59. The standard InChI is InChI=1S/C29H40N4O6/c1-5-18(4)25(28(37)32-24(17(2)3)29(38)39)33-27(36)23(16-20-11-13-21(34)14-12-20)31-26(35)22(30)15-19-9-7-6-8-10-19/h6-14,17-18,22-25,34H,5,15-16,30H2,1-4H3,(H,31,35)(H,32,37)(H,33,36)(H,38,39). The summed E-state index contributed by atoms with van der Waals surface area (Å²) < 4.78 is 0.